The van der Waals surface area contributed by atoms with E-state index in [-0.39, 0.29) is 11.2 Å². The van der Waals surface area contributed by atoms with Gasteiger partial charge in [-0.25, -0.2) is 4.39 Å². The molecule has 0 N–H and O–H groups in total. The summed E-state index contributed by atoms with van der Waals surface area (Å²) in [6.45, 7) is 6.24. The highest BCUT2D eigenvalue weighted by Gasteiger charge is 2.22. The summed E-state index contributed by atoms with van der Waals surface area (Å²) in [5.74, 6) is -0.138. The zero-order chi connectivity index (χ0) is 9.90. The van der Waals surface area contributed by atoms with Crippen molar-refractivity contribution in [1.29, 1.82) is 0 Å². The lowest BCUT2D eigenvalue weighted by Gasteiger charge is -2.24. The van der Waals surface area contributed by atoms with Gasteiger partial charge in [0.05, 0.1) is 0 Å². The zero-order valence-corrected chi connectivity index (χ0v) is 8.52. The average Bonchev–Trinajstić information content (AvgIpc) is 2.04. The van der Waals surface area contributed by atoms with E-state index in [9.17, 15) is 4.39 Å². The van der Waals surface area contributed by atoms with Gasteiger partial charge in [-0.15, -0.1) is 0 Å². The van der Waals surface area contributed by atoms with Gasteiger partial charge >= 0.3 is 0 Å². The van der Waals surface area contributed by atoms with E-state index in [0.29, 0.717) is 5.56 Å². The fourth-order valence-electron chi connectivity index (χ4n) is 1.68. The number of rotatable bonds is 3. The molecule has 13 heavy (non-hydrogen) atoms. The molecule has 0 saturated carbocycles. The van der Waals surface area contributed by atoms with Crippen molar-refractivity contribution in [2.24, 2.45) is 0 Å². The summed E-state index contributed by atoms with van der Waals surface area (Å²) in [6.07, 6.45) is 2.06. The third-order valence-electron chi connectivity index (χ3n) is 2.36. The van der Waals surface area contributed by atoms with Crippen molar-refractivity contribution in [3.8, 4) is 0 Å². The van der Waals surface area contributed by atoms with Crippen molar-refractivity contribution in [2.45, 2.75) is 39.0 Å². The molecule has 0 amide bonds. The fourth-order valence-corrected chi connectivity index (χ4v) is 1.68. The topological polar surface area (TPSA) is 0 Å². The summed E-state index contributed by atoms with van der Waals surface area (Å²) in [6, 6.07) is 7.95. The Kier molecular flexibility index (Phi) is 3.07. The van der Waals surface area contributed by atoms with Gasteiger partial charge in [-0.1, -0.05) is 39.3 Å². The van der Waals surface area contributed by atoms with E-state index in [1.165, 1.54) is 6.07 Å². The smallest absolute Gasteiger partial charge is 0.127 e. The van der Waals surface area contributed by atoms with Gasteiger partial charge in [-0.05, 0) is 24.0 Å². The summed E-state index contributed by atoms with van der Waals surface area (Å²) >= 11 is 0. The van der Waals surface area contributed by atoms with Crippen molar-refractivity contribution in [2.75, 3.05) is 0 Å². The van der Waals surface area contributed by atoms with Crippen LogP contribution in [0.3, 0.4) is 0 Å². The number of halogens is 1. The van der Waals surface area contributed by atoms with E-state index < -0.39 is 0 Å². The Hall–Kier alpha value is -0.850. The number of hydrogen-bond acceptors (Lipinski definition) is 0. The molecule has 0 spiro atoms. The molecule has 1 rings (SSSR count). The van der Waals surface area contributed by atoms with E-state index in [4.69, 9.17) is 0 Å². The Bertz CT molecular complexity index is 276. The van der Waals surface area contributed by atoms with Gasteiger partial charge in [0, 0.05) is 5.56 Å². The van der Waals surface area contributed by atoms with Crippen LogP contribution < -0.4 is 0 Å². The Labute approximate surface area is 79.8 Å². The highest BCUT2D eigenvalue weighted by molar-refractivity contribution is 5.23. The molecule has 0 unspecified atom stereocenters. The second-order valence-electron chi connectivity index (χ2n) is 4.03. The van der Waals surface area contributed by atoms with Crippen molar-refractivity contribution in [3.63, 3.8) is 0 Å². The third kappa shape index (κ3) is 2.30. The van der Waals surface area contributed by atoms with Crippen LogP contribution in [-0.4, -0.2) is 0 Å². The molecule has 1 aromatic rings. The summed E-state index contributed by atoms with van der Waals surface area (Å²) < 4.78 is 13.4. The van der Waals surface area contributed by atoms with Gasteiger partial charge in [-0.2, -0.15) is 0 Å². The maximum atomic E-state index is 13.4. The number of hydrogen-bond donors (Lipinski definition) is 0. The first-order valence-electron chi connectivity index (χ1n) is 4.74. The molecule has 1 aromatic carbocycles. The minimum absolute atomic E-state index is 0.0971. The summed E-state index contributed by atoms with van der Waals surface area (Å²) in [7, 11) is 0. The van der Waals surface area contributed by atoms with Crippen LogP contribution in [0, 0.1) is 11.9 Å². The van der Waals surface area contributed by atoms with Crippen molar-refractivity contribution >= 4 is 0 Å². The molecule has 1 heteroatoms. The molecular formula is C12H16F. The molecule has 0 aromatic heterocycles. The lowest BCUT2D eigenvalue weighted by molar-refractivity contribution is 0.444. The molecule has 0 bridgehead atoms. The molecule has 0 heterocycles. The molecule has 1 radical (unpaired) electrons. The van der Waals surface area contributed by atoms with E-state index in [1.54, 1.807) is 12.1 Å². The van der Waals surface area contributed by atoms with Crippen LogP contribution in [0.5, 0.6) is 0 Å². The Balaban J connectivity index is 2.99. The SMILES string of the molecule is CCCC(C)(C)c1[c]cccc1F. The minimum atomic E-state index is -0.138. The van der Waals surface area contributed by atoms with E-state index in [2.05, 4.69) is 26.8 Å². The first-order valence-corrected chi connectivity index (χ1v) is 4.74. The first-order chi connectivity index (χ1) is 6.08. The van der Waals surface area contributed by atoms with Crippen molar-refractivity contribution < 1.29 is 4.39 Å². The molecule has 0 fully saturated rings. The molecular weight excluding hydrogens is 163 g/mol. The quantitative estimate of drug-likeness (QED) is 0.663. The monoisotopic (exact) mass is 179 g/mol. The molecule has 0 nitrogen and oxygen atoms in total. The van der Waals surface area contributed by atoms with Crippen LogP contribution >= 0.6 is 0 Å². The van der Waals surface area contributed by atoms with Crippen molar-refractivity contribution in [3.05, 3.63) is 35.6 Å². The highest BCUT2D eigenvalue weighted by Crippen LogP contribution is 2.29. The molecule has 0 aliphatic heterocycles. The number of benzene rings is 1. The van der Waals surface area contributed by atoms with Crippen LogP contribution in [0.25, 0.3) is 0 Å². The second-order valence-corrected chi connectivity index (χ2v) is 4.03. The van der Waals surface area contributed by atoms with Crippen LogP contribution in [0.4, 0.5) is 4.39 Å². The normalized spacial score (nSPS) is 11.7. The maximum absolute atomic E-state index is 13.4. The van der Waals surface area contributed by atoms with Crippen LogP contribution in [-0.2, 0) is 5.41 Å². The van der Waals surface area contributed by atoms with Crippen LogP contribution in [0.2, 0.25) is 0 Å². The van der Waals surface area contributed by atoms with Gasteiger partial charge < -0.3 is 0 Å². The Morgan fingerprint density at radius 1 is 1.46 bits per heavy atom. The average molecular weight is 179 g/mol. The standard InChI is InChI=1S/C12H16F/c1-4-9-12(2,3)10-7-5-6-8-11(10)13/h5-6,8H,4,9H2,1-3H3. The van der Waals surface area contributed by atoms with Gasteiger partial charge in [0.15, 0.2) is 0 Å². The van der Waals surface area contributed by atoms with Gasteiger partial charge in [0.25, 0.3) is 0 Å². The van der Waals surface area contributed by atoms with Gasteiger partial charge in [0.1, 0.15) is 5.82 Å². The third-order valence-corrected chi connectivity index (χ3v) is 2.36. The molecule has 71 valence electrons. The van der Waals surface area contributed by atoms with Crippen molar-refractivity contribution in [1.82, 2.24) is 0 Å². The van der Waals surface area contributed by atoms with Gasteiger partial charge in [-0.3, -0.25) is 0 Å². The molecule has 0 atom stereocenters. The summed E-state index contributed by atoms with van der Waals surface area (Å²) in [5, 5.41) is 0. The largest absolute Gasteiger partial charge is 0.207 e. The fraction of sp³-hybridized carbons (Fsp3) is 0.500. The van der Waals surface area contributed by atoms with Crippen LogP contribution in [0.15, 0.2) is 18.2 Å². The highest BCUT2D eigenvalue weighted by atomic mass is 19.1. The Morgan fingerprint density at radius 3 is 2.69 bits per heavy atom. The predicted octanol–water partition coefficient (Wildman–Crippen LogP) is 3.70. The lowest BCUT2D eigenvalue weighted by atomic mass is 9.80. The Morgan fingerprint density at radius 2 is 2.15 bits per heavy atom. The second kappa shape index (κ2) is 3.91. The molecule has 0 saturated heterocycles. The maximum Gasteiger partial charge on any atom is 0.127 e. The lowest BCUT2D eigenvalue weighted by Crippen LogP contribution is -2.18. The van der Waals surface area contributed by atoms with E-state index >= 15 is 0 Å². The minimum Gasteiger partial charge on any atom is -0.207 e. The predicted molar refractivity (Wildman–Crippen MR) is 53.2 cm³/mol. The zero-order valence-electron chi connectivity index (χ0n) is 8.52. The molecule has 0 aliphatic rings. The van der Waals surface area contributed by atoms with E-state index in [0.717, 1.165) is 12.8 Å². The van der Waals surface area contributed by atoms with Crippen LogP contribution in [0.1, 0.15) is 39.2 Å². The molecule has 0 aliphatic carbocycles. The van der Waals surface area contributed by atoms with Gasteiger partial charge in [0.2, 0.25) is 0 Å². The summed E-state index contributed by atoms with van der Waals surface area (Å²) in [4.78, 5) is 0. The van der Waals surface area contributed by atoms with E-state index in [1.807, 2.05) is 0 Å². The first kappa shape index (κ1) is 10.2. The summed E-state index contributed by atoms with van der Waals surface area (Å²) in [5.41, 5.74) is 0.608.